The first-order valence-electron chi connectivity index (χ1n) is 12.6. The number of likely N-dealkylation sites (tertiary alicyclic amines) is 1. The maximum Gasteiger partial charge on any atom is 0.143 e. The first-order valence-corrected chi connectivity index (χ1v) is 12.6. The summed E-state index contributed by atoms with van der Waals surface area (Å²) in [7, 11) is 0. The third-order valence-electron chi connectivity index (χ3n) is 7.55. The fourth-order valence-corrected chi connectivity index (χ4v) is 5.59. The normalized spacial score (nSPS) is 22.8. The molecule has 194 valence electrons. The van der Waals surface area contributed by atoms with Gasteiger partial charge in [-0.05, 0) is 38.0 Å². The van der Waals surface area contributed by atoms with Crippen molar-refractivity contribution >= 4 is 10.9 Å². The number of aliphatic hydroxyl groups is 1. The summed E-state index contributed by atoms with van der Waals surface area (Å²) < 4.78 is 49.1. The molecule has 0 saturated carbocycles. The van der Waals surface area contributed by atoms with E-state index in [2.05, 4.69) is 16.0 Å². The molecule has 2 aliphatic heterocycles. The highest BCUT2D eigenvalue weighted by Crippen LogP contribution is 2.42. The van der Waals surface area contributed by atoms with Crippen molar-refractivity contribution in [1.29, 1.82) is 0 Å². The van der Waals surface area contributed by atoms with Gasteiger partial charge in [-0.1, -0.05) is 24.3 Å². The first kappa shape index (κ1) is 25.1. The van der Waals surface area contributed by atoms with Gasteiger partial charge >= 0.3 is 0 Å². The van der Waals surface area contributed by atoms with Gasteiger partial charge in [0.25, 0.3) is 0 Å². The molecule has 2 aromatic carbocycles. The molecule has 5 nitrogen and oxygen atoms in total. The second kappa shape index (κ2) is 10.1. The summed E-state index contributed by atoms with van der Waals surface area (Å²) in [4.78, 5) is 7.53. The van der Waals surface area contributed by atoms with Crippen LogP contribution in [0.15, 0.2) is 42.5 Å². The predicted octanol–water partition coefficient (Wildman–Crippen LogP) is 4.64. The van der Waals surface area contributed by atoms with E-state index in [9.17, 15) is 9.50 Å². The highest BCUT2D eigenvalue weighted by molar-refractivity contribution is 5.85. The predicted molar refractivity (Wildman–Crippen MR) is 134 cm³/mol. The van der Waals surface area contributed by atoms with Gasteiger partial charge in [-0.15, -0.1) is 0 Å². The minimum Gasteiger partial charge on any atom is -0.492 e. The quantitative estimate of drug-likeness (QED) is 0.449. The number of hydrogen-bond donors (Lipinski definition) is 2. The number of fused-ring (bicyclic) bond motifs is 3. The third-order valence-corrected chi connectivity index (χ3v) is 7.55. The Kier molecular flexibility index (Phi) is 7.03. The molecule has 0 spiro atoms. The van der Waals surface area contributed by atoms with Crippen LogP contribution in [0.1, 0.15) is 36.7 Å². The van der Waals surface area contributed by atoms with Crippen molar-refractivity contribution in [3.8, 4) is 5.75 Å². The fraction of sp³-hybridized carbons (Fsp3) is 0.500. The Morgan fingerprint density at radius 2 is 1.97 bits per heavy atom. The molecule has 3 atom stereocenters. The molecule has 2 unspecified atom stereocenters. The number of para-hydroxylation sites is 1. The van der Waals surface area contributed by atoms with Gasteiger partial charge in [0.05, 0.1) is 19.3 Å². The number of aromatic amines is 1. The van der Waals surface area contributed by atoms with Gasteiger partial charge < -0.3 is 14.8 Å². The van der Waals surface area contributed by atoms with Crippen molar-refractivity contribution < 1.29 is 23.0 Å². The van der Waals surface area contributed by atoms with Crippen molar-refractivity contribution in [2.24, 2.45) is 5.92 Å². The van der Waals surface area contributed by atoms with Crippen LogP contribution in [0.25, 0.3) is 10.9 Å². The number of benzene rings is 2. The standard InChI is InChI=1S/C28H34F3N3O2/c1-18-11-23-21-5-3-4-6-25(21)32-26(23)27(34(18)16-28(2,31)17-35)22-8-7-20(12-24(22)30)36-10-9-33-14-19(13-29)15-33/h3-8,12,18-19,27,32,35H,9-11,13-17H2,1-2H3/t18-,27?,28?/m1/s1. The van der Waals surface area contributed by atoms with Crippen molar-refractivity contribution in [3.05, 3.63) is 65.1 Å². The largest absolute Gasteiger partial charge is 0.492 e. The Bertz CT molecular complexity index is 1210. The van der Waals surface area contributed by atoms with Gasteiger partial charge in [0.15, 0.2) is 0 Å². The topological polar surface area (TPSA) is 51.7 Å². The number of ether oxygens (including phenoxy) is 1. The number of alkyl halides is 2. The molecular formula is C28H34F3N3O2. The summed E-state index contributed by atoms with van der Waals surface area (Å²) in [5.74, 6) is 0.123. The number of nitrogens with one attached hydrogen (secondary N) is 1. The number of aromatic nitrogens is 1. The van der Waals surface area contributed by atoms with E-state index in [1.165, 1.54) is 13.0 Å². The van der Waals surface area contributed by atoms with E-state index in [4.69, 9.17) is 4.74 Å². The van der Waals surface area contributed by atoms with E-state index in [1.54, 1.807) is 12.1 Å². The Morgan fingerprint density at radius 3 is 2.69 bits per heavy atom. The zero-order chi connectivity index (χ0) is 25.4. The lowest BCUT2D eigenvalue weighted by Crippen LogP contribution is -2.49. The SMILES string of the molecule is C[C@@H]1Cc2c([nH]c3ccccc23)C(c2ccc(OCCN3CC(CF)C3)cc2F)N1CC(C)(F)CO. The lowest BCUT2D eigenvalue weighted by Gasteiger charge is -2.43. The molecule has 0 bridgehead atoms. The smallest absolute Gasteiger partial charge is 0.143 e. The van der Waals surface area contributed by atoms with Crippen LogP contribution in [0.2, 0.25) is 0 Å². The molecule has 1 aromatic heterocycles. The molecule has 2 aliphatic rings. The maximum absolute atomic E-state index is 15.6. The molecule has 0 aliphatic carbocycles. The van der Waals surface area contributed by atoms with Gasteiger partial charge in [-0.25, -0.2) is 8.78 Å². The number of H-pyrrole nitrogens is 1. The van der Waals surface area contributed by atoms with E-state index < -0.39 is 24.1 Å². The van der Waals surface area contributed by atoms with Crippen LogP contribution in [0.3, 0.4) is 0 Å². The minimum absolute atomic E-state index is 0.0302. The van der Waals surface area contributed by atoms with Crippen molar-refractivity contribution in [2.75, 3.05) is 46.1 Å². The molecule has 0 amide bonds. The lowest BCUT2D eigenvalue weighted by atomic mass is 9.87. The Balaban J connectivity index is 1.43. The van der Waals surface area contributed by atoms with Crippen LogP contribution in [0, 0.1) is 11.7 Å². The monoisotopic (exact) mass is 501 g/mol. The molecule has 5 rings (SSSR count). The number of hydrogen-bond acceptors (Lipinski definition) is 4. The molecule has 2 N–H and O–H groups in total. The van der Waals surface area contributed by atoms with Gasteiger partial charge in [-0.3, -0.25) is 14.2 Å². The molecule has 3 heterocycles. The molecule has 0 radical (unpaired) electrons. The summed E-state index contributed by atoms with van der Waals surface area (Å²) in [6.45, 7) is 4.99. The van der Waals surface area contributed by atoms with E-state index in [0.717, 1.165) is 35.2 Å². The van der Waals surface area contributed by atoms with E-state index in [-0.39, 0.29) is 25.2 Å². The van der Waals surface area contributed by atoms with Gasteiger partial charge in [0.2, 0.25) is 0 Å². The fourth-order valence-electron chi connectivity index (χ4n) is 5.59. The Hall–Kier alpha value is -2.55. The Labute approximate surface area is 209 Å². The second-order valence-electron chi connectivity index (χ2n) is 10.6. The average Bonchev–Trinajstić information content (AvgIpc) is 3.19. The number of aliphatic hydroxyl groups excluding tert-OH is 1. The molecule has 36 heavy (non-hydrogen) atoms. The van der Waals surface area contributed by atoms with E-state index in [0.29, 0.717) is 30.9 Å². The van der Waals surface area contributed by atoms with Gasteiger partial charge in [-0.2, -0.15) is 0 Å². The zero-order valence-electron chi connectivity index (χ0n) is 20.8. The maximum atomic E-state index is 15.6. The van der Waals surface area contributed by atoms with Crippen LogP contribution >= 0.6 is 0 Å². The van der Waals surface area contributed by atoms with Crippen LogP contribution in [-0.4, -0.2) is 77.7 Å². The molecular weight excluding hydrogens is 467 g/mol. The lowest BCUT2D eigenvalue weighted by molar-refractivity contribution is 0.0169. The Morgan fingerprint density at radius 1 is 1.19 bits per heavy atom. The van der Waals surface area contributed by atoms with E-state index in [1.807, 2.05) is 30.0 Å². The number of halogens is 3. The van der Waals surface area contributed by atoms with E-state index >= 15 is 8.78 Å². The highest BCUT2D eigenvalue weighted by Gasteiger charge is 2.40. The molecule has 1 saturated heterocycles. The highest BCUT2D eigenvalue weighted by atomic mass is 19.1. The van der Waals surface area contributed by atoms with Gasteiger partial charge in [0.1, 0.15) is 23.8 Å². The van der Waals surface area contributed by atoms with Crippen LogP contribution in [-0.2, 0) is 6.42 Å². The summed E-state index contributed by atoms with van der Waals surface area (Å²) in [6, 6.07) is 12.2. The van der Waals surface area contributed by atoms with Crippen LogP contribution < -0.4 is 4.74 Å². The average molecular weight is 502 g/mol. The molecule has 8 heteroatoms. The molecule has 1 fully saturated rings. The summed E-state index contributed by atoms with van der Waals surface area (Å²) >= 11 is 0. The van der Waals surface area contributed by atoms with Crippen LogP contribution in [0.4, 0.5) is 13.2 Å². The third kappa shape index (κ3) is 4.86. The first-order chi connectivity index (χ1) is 17.3. The second-order valence-corrected chi connectivity index (χ2v) is 10.6. The van der Waals surface area contributed by atoms with Crippen molar-refractivity contribution in [2.45, 2.75) is 38.0 Å². The summed E-state index contributed by atoms with van der Waals surface area (Å²) in [5, 5.41) is 10.7. The zero-order valence-corrected chi connectivity index (χ0v) is 20.8. The van der Waals surface area contributed by atoms with Crippen molar-refractivity contribution in [3.63, 3.8) is 0 Å². The molecule has 3 aromatic rings. The minimum atomic E-state index is -1.83. The number of rotatable bonds is 9. The summed E-state index contributed by atoms with van der Waals surface area (Å²) in [5.41, 5.74) is 1.55. The summed E-state index contributed by atoms with van der Waals surface area (Å²) in [6.07, 6.45) is 0.694. The van der Waals surface area contributed by atoms with Crippen molar-refractivity contribution in [1.82, 2.24) is 14.8 Å². The number of nitrogens with zero attached hydrogens (tertiary/aromatic N) is 2. The van der Waals surface area contributed by atoms with Crippen LogP contribution in [0.5, 0.6) is 5.75 Å². The van der Waals surface area contributed by atoms with Gasteiger partial charge in [0, 0.05) is 66.4 Å².